The van der Waals surface area contributed by atoms with Crippen molar-refractivity contribution in [3.63, 3.8) is 0 Å². The quantitative estimate of drug-likeness (QED) is 0.582. The maximum absolute atomic E-state index is 12.8. The van der Waals surface area contributed by atoms with Crippen LogP contribution in [0.5, 0.6) is 5.75 Å². The lowest BCUT2D eigenvalue weighted by atomic mass is 10.3. The zero-order valence-electron chi connectivity index (χ0n) is 16.0. The van der Waals surface area contributed by atoms with E-state index < -0.39 is 20.0 Å². The summed E-state index contributed by atoms with van der Waals surface area (Å²) in [6, 6.07) is 11.8. The normalized spacial score (nSPS) is 12.1. The lowest BCUT2D eigenvalue weighted by Gasteiger charge is -2.19. The van der Waals surface area contributed by atoms with Gasteiger partial charge in [0.2, 0.25) is 10.0 Å². The number of rotatable bonds is 10. The molecule has 8 nitrogen and oxygen atoms in total. The Morgan fingerprint density at radius 1 is 0.964 bits per heavy atom. The van der Waals surface area contributed by atoms with Gasteiger partial charge in [-0.1, -0.05) is 18.2 Å². The van der Waals surface area contributed by atoms with Crippen molar-refractivity contribution in [2.45, 2.75) is 16.2 Å². The number of methoxy groups -OCH3 is 2. The van der Waals surface area contributed by atoms with Gasteiger partial charge in [-0.2, -0.15) is 0 Å². The molecule has 1 N–H and O–H groups in total. The van der Waals surface area contributed by atoms with E-state index in [1.807, 2.05) is 0 Å². The Morgan fingerprint density at radius 2 is 1.64 bits per heavy atom. The first kappa shape index (κ1) is 22.2. The van der Waals surface area contributed by atoms with Crippen LogP contribution in [0.15, 0.2) is 58.3 Å². The SMILES string of the molecule is COCCCN(C)S(=O)(=O)c1ccc(OC)c(NS(=O)(=O)c2ccccc2)c1. The van der Waals surface area contributed by atoms with E-state index in [1.165, 1.54) is 48.8 Å². The Kier molecular flexibility index (Phi) is 7.41. The minimum absolute atomic E-state index is 0.0396. The third-order valence-electron chi connectivity index (χ3n) is 4.00. The third kappa shape index (κ3) is 5.22. The largest absolute Gasteiger partial charge is 0.495 e. The van der Waals surface area contributed by atoms with Gasteiger partial charge in [0.15, 0.2) is 0 Å². The number of sulfonamides is 2. The summed E-state index contributed by atoms with van der Waals surface area (Å²) in [7, 11) is -3.32. The van der Waals surface area contributed by atoms with E-state index in [1.54, 1.807) is 25.3 Å². The summed E-state index contributed by atoms with van der Waals surface area (Å²) < 4.78 is 64.5. The molecule has 0 radical (unpaired) electrons. The molecule has 0 aliphatic carbocycles. The van der Waals surface area contributed by atoms with E-state index in [0.717, 1.165) is 0 Å². The molecule has 0 fully saturated rings. The Hall–Kier alpha value is -2.14. The molecule has 0 aromatic heterocycles. The number of hydrogen-bond donors (Lipinski definition) is 1. The number of ether oxygens (including phenoxy) is 2. The number of benzene rings is 2. The molecule has 154 valence electrons. The average Bonchev–Trinajstić information content (AvgIpc) is 2.68. The fourth-order valence-electron chi connectivity index (χ4n) is 2.46. The molecule has 10 heteroatoms. The summed E-state index contributed by atoms with van der Waals surface area (Å²) in [5, 5.41) is 0. The van der Waals surface area contributed by atoms with Gasteiger partial charge in [0.25, 0.3) is 10.0 Å². The highest BCUT2D eigenvalue weighted by molar-refractivity contribution is 7.92. The fourth-order valence-corrected chi connectivity index (χ4v) is 4.78. The molecule has 0 saturated heterocycles. The summed E-state index contributed by atoms with van der Waals surface area (Å²) in [6.07, 6.45) is 0.538. The molecular formula is C18H24N2O6S2. The summed E-state index contributed by atoms with van der Waals surface area (Å²) in [5.74, 6) is 0.209. The van der Waals surface area contributed by atoms with E-state index in [2.05, 4.69) is 4.72 Å². The molecule has 28 heavy (non-hydrogen) atoms. The Balaban J connectivity index is 2.36. The molecule has 0 spiro atoms. The molecule has 2 rings (SSSR count). The van der Waals surface area contributed by atoms with E-state index in [0.29, 0.717) is 13.0 Å². The lowest BCUT2D eigenvalue weighted by molar-refractivity contribution is 0.189. The predicted molar refractivity (Wildman–Crippen MR) is 107 cm³/mol. The second-order valence-corrected chi connectivity index (χ2v) is 9.68. The van der Waals surface area contributed by atoms with Gasteiger partial charge >= 0.3 is 0 Å². The second kappa shape index (κ2) is 9.37. The maximum atomic E-state index is 12.8. The van der Waals surface area contributed by atoms with Gasteiger partial charge in [-0.25, -0.2) is 21.1 Å². The summed E-state index contributed by atoms with van der Waals surface area (Å²) in [5.41, 5.74) is 0.0396. The van der Waals surface area contributed by atoms with E-state index >= 15 is 0 Å². The van der Waals surface area contributed by atoms with Crippen LogP contribution < -0.4 is 9.46 Å². The molecule has 0 amide bonds. The van der Waals surface area contributed by atoms with Crippen molar-refractivity contribution in [2.24, 2.45) is 0 Å². The highest BCUT2D eigenvalue weighted by Crippen LogP contribution is 2.30. The van der Waals surface area contributed by atoms with E-state index in [4.69, 9.17) is 9.47 Å². The minimum Gasteiger partial charge on any atom is -0.495 e. The van der Waals surface area contributed by atoms with Crippen LogP contribution >= 0.6 is 0 Å². The summed E-state index contributed by atoms with van der Waals surface area (Å²) in [6.45, 7) is 0.706. The first-order chi connectivity index (χ1) is 13.2. The zero-order chi connectivity index (χ0) is 20.8. The molecule has 2 aromatic carbocycles. The first-order valence-electron chi connectivity index (χ1n) is 8.43. The standard InChI is InChI=1S/C18H24N2O6S2/c1-20(12-7-13-25-2)28(23,24)16-10-11-18(26-3)17(14-16)19-27(21,22)15-8-5-4-6-9-15/h4-6,8-11,14,19H,7,12-13H2,1-3H3. The van der Waals surface area contributed by atoms with Crippen molar-refractivity contribution in [1.82, 2.24) is 4.31 Å². The molecule has 2 aromatic rings. The van der Waals surface area contributed by atoms with Crippen molar-refractivity contribution in [3.8, 4) is 5.75 Å². The van der Waals surface area contributed by atoms with Crippen LogP contribution in [0.1, 0.15) is 6.42 Å². The number of hydrogen-bond acceptors (Lipinski definition) is 6. The summed E-state index contributed by atoms with van der Waals surface area (Å²) in [4.78, 5) is 0.0148. The number of anilines is 1. The highest BCUT2D eigenvalue weighted by Gasteiger charge is 2.23. The van der Waals surface area contributed by atoms with Crippen LogP contribution in [0.25, 0.3) is 0 Å². The highest BCUT2D eigenvalue weighted by atomic mass is 32.2. The molecular weight excluding hydrogens is 404 g/mol. The van der Waals surface area contributed by atoms with Crippen LogP contribution in [0, 0.1) is 0 Å². The molecule has 0 saturated carbocycles. The van der Waals surface area contributed by atoms with Gasteiger partial charge < -0.3 is 9.47 Å². The molecule has 0 aliphatic rings. The van der Waals surface area contributed by atoms with Crippen LogP contribution in [0.3, 0.4) is 0 Å². The van der Waals surface area contributed by atoms with Crippen LogP contribution in [-0.2, 0) is 24.8 Å². The lowest BCUT2D eigenvalue weighted by Crippen LogP contribution is -2.28. The molecule has 0 aliphatic heterocycles. The maximum Gasteiger partial charge on any atom is 0.262 e. The van der Waals surface area contributed by atoms with E-state index in [-0.39, 0.29) is 27.8 Å². The zero-order valence-corrected chi connectivity index (χ0v) is 17.6. The third-order valence-corrected chi connectivity index (χ3v) is 7.23. The van der Waals surface area contributed by atoms with Crippen molar-refractivity contribution in [1.29, 1.82) is 0 Å². The molecule has 0 atom stereocenters. The Labute approximate surface area is 166 Å². The smallest absolute Gasteiger partial charge is 0.262 e. The van der Waals surface area contributed by atoms with Crippen LogP contribution in [0.4, 0.5) is 5.69 Å². The summed E-state index contributed by atoms with van der Waals surface area (Å²) >= 11 is 0. The van der Waals surface area contributed by atoms with Gasteiger partial charge in [-0.05, 0) is 36.8 Å². The van der Waals surface area contributed by atoms with Gasteiger partial charge in [0, 0.05) is 27.3 Å². The minimum atomic E-state index is -3.90. The van der Waals surface area contributed by atoms with Gasteiger partial charge in [-0.3, -0.25) is 4.72 Å². The first-order valence-corrected chi connectivity index (χ1v) is 11.4. The monoisotopic (exact) mass is 428 g/mol. The van der Waals surface area contributed by atoms with Gasteiger partial charge in [-0.15, -0.1) is 0 Å². The van der Waals surface area contributed by atoms with Gasteiger partial charge in [0.1, 0.15) is 5.75 Å². The Bertz CT molecular complexity index is 992. The number of nitrogens with zero attached hydrogens (tertiary/aromatic N) is 1. The van der Waals surface area contributed by atoms with E-state index in [9.17, 15) is 16.8 Å². The predicted octanol–water partition coefficient (Wildman–Crippen LogP) is 2.15. The van der Waals surface area contributed by atoms with Crippen molar-refractivity contribution in [2.75, 3.05) is 39.1 Å². The molecule has 0 heterocycles. The van der Waals surface area contributed by atoms with Crippen molar-refractivity contribution in [3.05, 3.63) is 48.5 Å². The van der Waals surface area contributed by atoms with Crippen LogP contribution in [-0.4, -0.2) is 55.6 Å². The second-order valence-electron chi connectivity index (χ2n) is 5.95. The fraction of sp³-hybridized carbons (Fsp3) is 0.333. The van der Waals surface area contributed by atoms with Crippen LogP contribution in [0.2, 0.25) is 0 Å². The number of nitrogens with one attached hydrogen (secondary N) is 1. The average molecular weight is 429 g/mol. The topological polar surface area (TPSA) is 102 Å². The van der Waals surface area contributed by atoms with Gasteiger partial charge in [0.05, 0.1) is 22.6 Å². The molecule has 0 bridgehead atoms. The van der Waals surface area contributed by atoms with Crippen molar-refractivity contribution < 1.29 is 26.3 Å². The van der Waals surface area contributed by atoms with Crippen molar-refractivity contribution >= 4 is 25.7 Å². The molecule has 0 unspecified atom stereocenters. The Morgan fingerprint density at radius 3 is 2.25 bits per heavy atom.